The molecule has 0 heterocycles. The molecule has 0 aromatic carbocycles. The number of aliphatic carboxylic acids is 1. The molecule has 16 heavy (non-hydrogen) atoms. The van der Waals surface area contributed by atoms with Crippen molar-refractivity contribution in [1.29, 1.82) is 0 Å². The molecule has 0 aliphatic heterocycles. The zero-order valence-electron chi connectivity index (χ0n) is 9.36. The fraction of sp³-hybridized carbons (Fsp3) is 0.818. The number of amides is 1. The van der Waals surface area contributed by atoms with Gasteiger partial charge in [0.1, 0.15) is 5.41 Å². The molecule has 5 nitrogen and oxygen atoms in total. The third kappa shape index (κ3) is 1.91. The Morgan fingerprint density at radius 2 is 2.06 bits per heavy atom. The van der Waals surface area contributed by atoms with Crippen molar-refractivity contribution >= 4 is 11.9 Å². The van der Waals surface area contributed by atoms with Gasteiger partial charge in [0.25, 0.3) is 0 Å². The Hall–Kier alpha value is -1.10. The lowest BCUT2D eigenvalue weighted by atomic mass is 9.88. The lowest BCUT2D eigenvalue weighted by molar-refractivity contribution is -0.149. The van der Waals surface area contributed by atoms with Gasteiger partial charge in [0.2, 0.25) is 5.91 Å². The first-order valence-corrected chi connectivity index (χ1v) is 5.74. The molecule has 0 unspecified atom stereocenters. The van der Waals surface area contributed by atoms with Crippen molar-refractivity contribution in [3.05, 3.63) is 0 Å². The maximum absolute atomic E-state index is 11.7. The summed E-state index contributed by atoms with van der Waals surface area (Å²) in [7, 11) is 0. The average molecular weight is 227 g/mol. The highest BCUT2D eigenvalue weighted by Gasteiger charge is 2.57. The fourth-order valence-electron chi connectivity index (χ4n) is 2.04. The number of carbonyl (C=O) groups excluding carboxylic acids is 1. The van der Waals surface area contributed by atoms with Crippen LogP contribution in [0.4, 0.5) is 0 Å². The Morgan fingerprint density at radius 3 is 2.50 bits per heavy atom. The van der Waals surface area contributed by atoms with Crippen LogP contribution in [0.5, 0.6) is 0 Å². The van der Waals surface area contributed by atoms with E-state index in [9.17, 15) is 9.59 Å². The first-order valence-electron chi connectivity index (χ1n) is 5.74. The van der Waals surface area contributed by atoms with Gasteiger partial charge in [-0.2, -0.15) is 0 Å². The molecule has 2 N–H and O–H groups in total. The van der Waals surface area contributed by atoms with Gasteiger partial charge < -0.3 is 15.2 Å². The van der Waals surface area contributed by atoms with Gasteiger partial charge in [-0.25, -0.2) is 0 Å². The minimum absolute atomic E-state index is 0.0980. The second-order valence-electron chi connectivity index (χ2n) is 4.61. The van der Waals surface area contributed by atoms with Crippen molar-refractivity contribution in [1.82, 2.24) is 5.32 Å². The Balaban J connectivity index is 1.76. The molecule has 2 saturated carbocycles. The van der Waals surface area contributed by atoms with E-state index in [0.29, 0.717) is 19.4 Å². The summed E-state index contributed by atoms with van der Waals surface area (Å²) in [5.41, 5.74) is -1.11. The van der Waals surface area contributed by atoms with Crippen LogP contribution in [0.3, 0.4) is 0 Å². The Labute approximate surface area is 94.2 Å². The third-order valence-electron chi connectivity index (χ3n) is 3.43. The second kappa shape index (κ2) is 4.05. The number of carboxylic acids is 1. The largest absolute Gasteiger partial charge is 0.480 e. The number of carbonyl (C=O) groups is 2. The summed E-state index contributed by atoms with van der Waals surface area (Å²) in [5, 5.41) is 11.7. The van der Waals surface area contributed by atoms with Crippen LogP contribution in [-0.4, -0.2) is 35.7 Å². The van der Waals surface area contributed by atoms with E-state index in [0.717, 1.165) is 12.8 Å². The maximum Gasteiger partial charge on any atom is 0.319 e. The Kier molecular flexibility index (Phi) is 2.88. The van der Waals surface area contributed by atoms with Gasteiger partial charge in [-0.3, -0.25) is 9.59 Å². The van der Waals surface area contributed by atoms with E-state index in [1.807, 2.05) is 6.92 Å². The monoisotopic (exact) mass is 227 g/mol. The van der Waals surface area contributed by atoms with E-state index < -0.39 is 11.4 Å². The average Bonchev–Trinajstić information content (AvgIpc) is 2.94. The predicted octanol–water partition coefficient (Wildman–Crippen LogP) is 0.535. The molecule has 90 valence electrons. The molecule has 0 atom stereocenters. The van der Waals surface area contributed by atoms with Crippen molar-refractivity contribution in [2.75, 3.05) is 6.61 Å². The van der Waals surface area contributed by atoms with Crippen LogP contribution in [0.2, 0.25) is 0 Å². The number of nitrogens with one attached hydrogen (secondary N) is 1. The van der Waals surface area contributed by atoms with Crippen LogP contribution in [-0.2, 0) is 14.3 Å². The lowest BCUT2D eigenvalue weighted by Gasteiger charge is -2.35. The van der Waals surface area contributed by atoms with Crippen LogP contribution in [0.1, 0.15) is 32.6 Å². The van der Waals surface area contributed by atoms with E-state index in [4.69, 9.17) is 9.84 Å². The van der Waals surface area contributed by atoms with Crippen LogP contribution in [0.15, 0.2) is 0 Å². The second-order valence-corrected chi connectivity index (χ2v) is 4.61. The molecule has 2 aliphatic carbocycles. The SMILES string of the molecule is CCOC1CC(NC(=O)C2(C(=O)O)CC2)C1. The highest BCUT2D eigenvalue weighted by atomic mass is 16.5. The summed E-state index contributed by atoms with van der Waals surface area (Å²) >= 11 is 0. The zero-order chi connectivity index (χ0) is 11.8. The number of hydrogen-bond acceptors (Lipinski definition) is 3. The molecule has 5 heteroatoms. The van der Waals surface area contributed by atoms with Crippen molar-refractivity contribution in [3.63, 3.8) is 0 Å². The van der Waals surface area contributed by atoms with Gasteiger partial charge in [0.15, 0.2) is 0 Å². The van der Waals surface area contributed by atoms with Crippen molar-refractivity contribution in [3.8, 4) is 0 Å². The Morgan fingerprint density at radius 1 is 1.44 bits per heavy atom. The van der Waals surface area contributed by atoms with Crippen molar-refractivity contribution in [2.45, 2.75) is 44.8 Å². The standard InChI is InChI=1S/C11H17NO4/c1-2-16-8-5-7(6-8)12-9(13)11(3-4-11)10(14)15/h7-8H,2-6H2,1H3,(H,12,13)(H,14,15). The van der Waals surface area contributed by atoms with Crippen LogP contribution >= 0.6 is 0 Å². The molecule has 2 fully saturated rings. The fourth-order valence-corrected chi connectivity index (χ4v) is 2.04. The summed E-state index contributed by atoms with van der Waals surface area (Å²) in [5.74, 6) is -1.31. The molecule has 1 amide bonds. The summed E-state index contributed by atoms with van der Waals surface area (Å²) in [6, 6.07) is 0.0980. The van der Waals surface area contributed by atoms with Gasteiger partial charge in [0.05, 0.1) is 6.10 Å². The van der Waals surface area contributed by atoms with Gasteiger partial charge >= 0.3 is 5.97 Å². The van der Waals surface area contributed by atoms with Crippen LogP contribution < -0.4 is 5.32 Å². The summed E-state index contributed by atoms with van der Waals surface area (Å²) in [4.78, 5) is 22.6. The van der Waals surface area contributed by atoms with Crippen molar-refractivity contribution < 1.29 is 19.4 Å². The minimum atomic E-state index is -1.11. The number of ether oxygens (including phenoxy) is 1. The van der Waals surface area contributed by atoms with E-state index in [-0.39, 0.29) is 18.1 Å². The molecule has 0 bridgehead atoms. The van der Waals surface area contributed by atoms with Gasteiger partial charge in [-0.05, 0) is 32.6 Å². The smallest absolute Gasteiger partial charge is 0.319 e. The number of hydrogen-bond donors (Lipinski definition) is 2. The highest BCUT2D eigenvalue weighted by Crippen LogP contribution is 2.46. The lowest BCUT2D eigenvalue weighted by Crippen LogP contribution is -2.51. The molecular formula is C11H17NO4. The number of carboxylic acid groups (broad SMARTS) is 1. The van der Waals surface area contributed by atoms with E-state index in [1.165, 1.54) is 0 Å². The van der Waals surface area contributed by atoms with Gasteiger partial charge in [0, 0.05) is 12.6 Å². The minimum Gasteiger partial charge on any atom is -0.480 e. The quantitative estimate of drug-likeness (QED) is 0.672. The molecule has 0 aromatic heterocycles. The van der Waals surface area contributed by atoms with Crippen molar-refractivity contribution in [2.24, 2.45) is 5.41 Å². The molecular weight excluding hydrogens is 210 g/mol. The third-order valence-corrected chi connectivity index (χ3v) is 3.43. The highest BCUT2D eigenvalue weighted by molar-refractivity contribution is 6.04. The number of rotatable bonds is 5. The topological polar surface area (TPSA) is 75.6 Å². The molecule has 2 rings (SSSR count). The van der Waals surface area contributed by atoms with Crippen LogP contribution in [0, 0.1) is 5.41 Å². The normalized spacial score (nSPS) is 30.3. The first kappa shape index (κ1) is 11.4. The molecule has 0 saturated heterocycles. The van der Waals surface area contributed by atoms with E-state index in [2.05, 4.69) is 5.32 Å². The van der Waals surface area contributed by atoms with E-state index >= 15 is 0 Å². The van der Waals surface area contributed by atoms with E-state index in [1.54, 1.807) is 0 Å². The Bertz CT molecular complexity index is 305. The zero-order valence-corrected chi connectivity index (χ0v) is 9.36. The maximum atomic E-state index is 11.7. The molecule has 0 aromatic rings. The van der Waals surface area contributed by atoms with Gasteiger partial charge in [-0.1, -0.05) is 0 Å². The molecule has 2 aliphatic rings. The van der Waals surface area contributed by atoms with Gasteiger partial charge in [-0.15, -0.1) is 0 Å². The molecule has 0 spiro atoms. The summed E-state index contributed by atoms with van der Waals surface area (Å²) in [6.45, 7) is 2.62. The predicted molar refractivity (Wildman–Crippen MR) is 55.9 cm³/mol. The summed E-state index contributed by atoms with van der Waals surface area (Å²) < 4.78 is 5.37. The van der Waals surface area contributed by atoms with Crippen LogP contribution in [0.25, 0.3) is 0 Å². The summed E-state index contributed by atoms with van der Waals surface area (Å²) in [6.07, 6.45) is 2.77. The molecule has 0 radical (unpaired) electrons. The first-order chi connectivity index (χ1) is 7.58.